The van der Waals surface area contributed by atoms with Gasteiger partial charge in [-0.2, -0.15) is 0 Å². The molecule has 1 amide bonds. The van der Waals surface area contributed by atoms with Gasteiger partial charge in [0.05, 0.1) is 10.6 Å². The maximum absolute atomic E-state index is 11.6. The van der Waals surface area contributed by atoms with E-state index in [0.717, 1.165) is 22.2 Å². The molecule has 22 heavy (non-hydrogen) atoms. The number of carbonyl (C=O) groups excluding carboxylic acids is 1. The number of thiazole rings is 1. The Hall–Kier alpha value is -2.14. The number of aromatic nitrogens is 1. The van der Waals surface area contributed by atoms with Crippen LogP contribution in [-0.4, -0.2) is 36.9 Å². The molecule has 0 radical (unpaired) electrons. The van der Waals surface area contributed by atoms with Crippen LogP contribution in [0.25, 0.3) is 6.08 Å². The molecule has 0 saturated carbocycles. The number of aryl methyl sites for hydroxylation is 1. The fourth-order valence-electron chi connectivity index (χ4n) is 1.93. The smallest absolute Gasteiger partial charge is 0.246 e. The summed E-state index contributed by atoms with van der Waals surface area (Å²) >= 11 is 1.60. The van der Waals surface area contributed by atoms with E-state index in [1.165, 1.54) is 5.56 Å². The van der Waals surface area contributed by atoms with E-state index in [9.17, 15) is 4.79 Å². The van der Waals surface area contributed by atoms with Crippen molar-refractivity contribution in [1.82, 2.24) is 9.88 Å². The van der Waals surface area contributed by atoms with Crippen molar-refractivity contribution in [2.45, 2.75) is 13.5 Å². The van der Waals surface area contributed by atoms with E-state index < -0.39 is 0 Å². The summed E-state index contributed by atoms with van der Waals surface area (Å²) in [4.78, 5) is 20.9. The van der Waals surface area contributed by atoms with Crippen molar-refractivity contribution >= 4 is 28.5 Å². The molecule has 0 aliphatic rings. The maximum Gasteiger partial charge on any atom is 0.246 e. The molecule has 1 heterocycles. The molecule has 4 nitrogen and oxygen atoms in total. The highest BCUT2D eigenvalue weighted by molar-refractivity contribution is 7.16. The van der Waals surface area contributed by atoms with Crippen LogP contribution in [0.3, 0.4) is 0 Å². The van der Waals surface area contributed by atoms with Crippen molar-refractivity contribution < 1.29 is 4.79 Å². The molecular weight excluding hydrogens is 294 g/mol. The van der Waals surface area contributed by atoms with E-state index in [2.05, 4.69) is 22.0 Å². The third-order valence-electron chi connectivity index (χ3n) is 3.23. The van der Waals surface area contributed by atoms with Crippen LogP contribution in [0.1, 0.15) is 16.1 Å². The van der Waals surface area contributed by atoms with E-state index in [4.69, 9.17) is 0 Å². The Labute approximate surface area is 135 Å². The van der Waals surface area contributed by atoms with Crippen molar-refractivity contribution in [1.29, 1.82) is 0 Å². The summed E-state index contributed by atoms with van der Waals surface area (Å²) in [6.07, 6.45) is 3.43. The highest BCUT2D eigenvalue weighted by Gasteiger charge is 2.10. The van der Waals surface area contributed by atoms with Gasteiger partial charge in [-0.3, -0.25) is 4.79 Å². The van der Waals surface area contributed by atoms with Gasteiger partial charge in [-0.1, -0.05) is 41.7 Å². The first-order valence-corrected chi connectivity index (χ1v) is 7.91. The summed E-state index contributed by atoms with van der Waals surface area (Å²) in [6.45, 7) is 2.78. The molecule has 1 aromatic heterocycles. The zero-order valence-electron chi connectivity index (χ0n) is 13.4. The minimum atomic E-state index is -0.0213. The molecule has 0 fully saturated rings. The highest BCUT2D eigenvalue weighted by atomic mass is 32.1. The summed E-state index contributed by atoms with van der Waals surface area (Å²) in [5, 5.41) is 0.957. The van der Waals surface area contributed by atoms with Gasteiger partial charge in [-0.05, 0) is 18.6 Å². The van der Waals surface area contributed by atoms with Gasteiger partial charge in [0.2, 0.25) is 5.91 Å². The second-order valence-corrected chi connectivity index (χ2v) is 6.36. The van der Waals surface area contributed by atoms with Crippen LogP contribution in [0.15, 0.2) is 36.4 Å². The molecule has 5 heteroatoms. The van der Waals surface area contributed by atoms with Gasteiger partial charge in [0.25, 0.3) is 0 Å². The predicted molar refractivity (Wildman–Crippen MR) is 93.1 cm³/mol. The Balaban J connectivity index is 2.10. The fraction of sp³-hybridized carbons (Fsp3) is 0.294. The molecule has 2 aromatic rings. The van der Waals surface area contributed by atoms with Gasteiger partial charge < -0.3 is 9.80 Å². The zero-order valence-corrected chi connectivity index (χ0v) is 14.2. The van der Waals surface area contributed by atoms with Crippen LogP contribution in [0.2, 0.25) is 0 Å². The molecule has 0 N–H and O–H groups in total. The molecule has 0 saturated heterocycles. The molecule has 0 spiro atoms. The summed E-state index contributed by atoms with van der Waals surface area (Å²) in [6, 6.07) is 10.3. The van der Waals surface area contributed by atoms with Gasteiger partial charge in [-0.25, -0.2) is 4.98 Å². The Morgan fingerprint density at radius 1 is 1.23 bits per heavy atom. The van der Waals surface area contributed by atoms with Crippen LogP contribution in [-0.2, 0) is 11.3 Å². The van der Waals surface area contributed by atoms with Crippen LogP contribution in [0.5, 0.6) is 0 Å². The summed E-state index contributed by atoms with van der Waals surface area (Å²) in [5.41, 5.74) is 2.19. The average Bonchev–Trinajstić information content (AvgIpc) is 2.87. The first-order chi connectivity index (χ1) is 10.5. The lowest BCUT2D eigenvalue weighted by atomic mass is 10.2. The molecule has 1 aromatic carbocycles. The van der Waals surface area contributed by atoms with Crippen molar-refractivity contribution in [2.24, 2.45) is 0 Å². The lowest BCUT2D eigenvalue weighted by Gasteiger charge is -2.15. The minimum absolute atomic E-state index is 0.0213. The van der Waals surface area contributed by atoms with Crippen LogP contribution in [0.4, 0.5) is 5.13 Å². The van der Waals surface area contributed by atoms with Crippen LogP contribution < -0.4 is 4.90 Å². The molecule has 0 aliphatic heterocycles. The number of rotatable bonds is 5. The second-order valence-electron chi connectivity index (χ2n) is 5.35. The van der Waals surface area contributed by atoms with Gasteiger partial charge in [0, 0.05) is 33.8 Å². The standard InChI is InChI=1S/C17H21N3OS/c1-13-15(10-11-16(21)19(2)3)22-17(18-13)20(4)12-14-8-6-5-7-9-14/h5-11H,12H2,1-4H3. The number of benzene rings is 1. The minimum Gasteiger partial charge on any atom is -0.347 e. The number of hydrogen-bond acceptors (Lipinski definition) is 4. The van der Waals surface area contributed by atoms with Crippen molar-refractivity contribution in [3.8, 4) is 0 Å². The fourth-order valence-corrected chi connectivity index (χ4v) is 2.86. The maximum atomic E-state index is 11.6. The van der Waals surface area contributed by atoms with Crippen molar-refractivity contribution in [3.05, 3.63) is 52.5 Å². The quantitative estimate of drug-likeness (QED) is 0.795. The molecule has 0 unspecified atom stereocenters. The third-order valence-corrected chi connectivity index (χ3v) is 4.47. The second kappa shape index (κ2) is 7.22. The summed E-state index contributed by atoms with van der Waals surface area (Å²) in [7, 11) is 5.51. The third kappa shape index (κ3) is 4.18. The first-order valence-electron chi connectivity index (χ1n) is 7.09. The molecule has 0 aliphatic carbocycles. The normalized spacial score (nSPS) is 10.9. The summed E-state index contributed by atoms with van der Waals surface area (Å²) in [5.74, 6) is -0.0213. The molecule has 116 valence electrons. The van der Waals surface area contributed by atoms with E-state index in [1.807, 2.05) is 38.2 Å². The van der Waals surface area contributed by atoms with Crippen LogP contribution >= 0.6 is 11.3 Å². The lowest BCUT2D eigenvalue weighted by molar-refractivity contribution is -0.123. The summed E-state index contributed by atoms with van der Waals surface area (Å²) < 4.78 is 0. The number of likely N-dealkylation sites (N-methyl/N-ethyl adjacent to an activating group) is 1. The molecule has 2 rings (SSSR count). The van der Waals surface area contributed by atoms with E-state index in [-0.39, 0.29) is 5.91 Å². The number of hydrogen-bond donors (Lipinski definition) is 0. The lowest BCUT2D eigenvalue weighted by Crippen LogP contribution is -2.18. The van der Waals surface area contributed by atoms with E-state index >= 15 is 0 Å². The van der Waals surface area contributed by atoms with Gasteiger partial charge in [-0.15, -0.1) is 0 Å². The topological polar surface area (TPSA) is 36.4 Å². The molecular formula is C17H21N3OS. The SMILES string of the molecule is Cc1nc(N(C)Cc2ccccc2)sc1C=CC(=O)N(C)C. The van der Waals surface area contributed by atoms with Gasteiger partial charge >= 0.3 is 0 Å². The number of anilines is 1. The number of carbonyl (C=O) groups is 1. The largest absolute Gasteiger partial charge is 0.347 e. The Morgan fingerprint density at radius 3 is 2.55 bits per heavy atom. The molecule has 0 bridgehead atoms. The van der Waals surface area contributed by atoms with Gasteiger partial charge in [0.15, 0.2) is 5.13 Å². The number of nitrogens with zero attached hydrogens (tertiary/aromatic N) is 3. The average molecular weight is 315 g/mol. The number of amides is 1. The predicted octanol–water partition coefficient (Wildman–Crippen LogP) is 3.19. The van der Waals surface area contributed by atoms with Crippen molar-refractivity contribution in [3.63, 3.8) is 0 Å². The zero-order chi connectivity index (χ0) is 16.1. The monoisotopic (exact) mass is 315 g/mol. The highest BCUT2D eigenvalue weighted by Crippen LogP contribution is 2.27. The first kappa shape index (κ1) is 16.2. The Kier molecular flexibility index (Phi) is 5.33. The van der Waals surface area contributed by atoms with Gasteiger partial charge in [0.1, 0.15) is 0 Å². The molecule has 0 atom stereocenters. The van der Waals surface area contributed by atoms with E-state index in [1.54, 1.807) is 36.4 Å². The Morgan fingerprint density at radius 2 is 1.91 bits per heavy atom. The van der Waals surface area contributed by atoms with Crippen LogP contribution in [0, 0.1) is 6.92 Å². The Bertz CT molecular complexity index is 662. The van der Waals surface area contributed by atoms with Crippen molar-refractivity contribution in [2.75, 3.05) is 26.0 Å². The van der Waals surface area contributed by atoms with E-state index in [0.29, 0.717) is 0 Å².